The second-order valence-electron chi connectivity index (χ2n) is 4.40. The third-order valence-corrected chi connectivity index (χ3v) is 3.69. The van der Waals surface area contributed by atoms with Crippen LogP contribution in [0.1, 0.15) is 11.1 Å². The zero-order valence-electron chi connectivity index (χ0n) is 11.7. The van der Waals surface area contributed by atoms with Gasteiger partial charge in [0.05, 0.1) is 7.11 Å². The molecule has 0 unspecified atom stereocenters. The van der Waals surface area contributed by atoms with E-state index in [1.807, 2.05) is 31.3 Å². The molecule has 0 amide bonds. The predicted molar refractivity (Wildman–Crippen MR) is 84.2 cm³/mol. The molecule has 0 atom stereocenters. The van der Waals surface area contributed by atoms with Crippen molar-refractivity contribution in [2.24, 2.45) is 0 Å². The molecule has 0 aliphatic carbocycles. The van der Waals surface area contributed by atoms with Gasteiger partial charge in [-0.3, -0.25) is 0 Å². The van der Waals surface area contributed by atoms with Crippen LogP contribution in [0, 0.1) is 0 Å². The van der Waals surface area contributed by atoms with E-state index in [2.05, 4.69) is 39.4 Å². The second kappa shape index (κ2) is 7.31. The van der Waals surface area contributed by atoms with Crippen LogP contribution in [0.15, 0.2) is 46.9 Å². The Morgan fingerprint density at radius 3 is 2.50 bits per heavy atom. The SMILES string of the molecule is CNCc1ccc(COc2ccccc2OC)c(Br)c1. The minimum atomic E-state index is 0.501. The van der Waals surface area contributed by atoms with Crippen molar-refractivity contribution in [3.8, 4) is 11.5 Å². The van der Waals surface area contributed by atoms with Crippen LogP contribution in [0.3, 0.4) is 0 Å². The fourth-order valence-electron chi connectivity index (χ4n) is 1.92. The number of benzene rings is 2. The summed E-state index contributed by atoms with van der Waals surface area (Å²) in [6.07, 6.45) is 0. The van der Waals surface area contributed by atoms with Crippen LogP contribution < -0.4 is 14.8 Å². The lowest BCUT2D eigenvalue weighted by molar-refractivity contribution is 0.284. The van der Waals surface area contributed by atoms with E-state index in [-0.39, 0.29) is 0 Å². The highest BCUT2D eigenvalue weighted by atomic mass is 79.9. The third-order valence-electron chi connectivity index (χ3n) is 2.95. The number of rotatable bonds is 6. The summed E-state index contributed by atoms with van der Waals surface area (Å²) in [6, 6.07) is 13.9. The molecular formula is C16H18BrNO2. The van der Waals surface area contributed by atoms with Crippen LogP contribution in [0.4, 0.5) is 0 Å². The molecule has 0 bridgehead atoms. The molecule has 0 heterocycles. The highest BCUT2D eigenvalue weighted by Crippen LogP contribution is 2.28. The summed E-state index contributed by atoms with van der Waals surface area (Å²) in [5.74, 6) is 1.50. The van der Waals surface area contributed by atoms with E-state index in [0.717, 1.165) is 28.1 Å². The lowest BCUT2D eigenvalue weighted by Gasteiger charge is -2.12. The largest absolute Gasteiger partial charge is 0.493 e. The topological polar surface area (TPSA) is 30.5 Å². The molecule has 4 heteroatoms. The number of hydrogen-bond donors (Lipinski definition) is 1. The Balaban J connectivity index is 2.07. The van der Waals surface area contributed by atoms with E-state index >= 15 is 0 Å². The molecule has 0 aliphatic heterocycles. The molecule has 0 fully saturated rings. The van der Waals surface area contributed by atoms with Crippen LogP contribution in [0.25, 0.3) is 0 Å². The first-order chi connectivity index (χ1) is 9.74. The summed E-state index contributed by atoms with van der Waals surface area (Å²) < 4.78 is 12.1. The molecule has 2 rings (SSSR count). The van der Waals surface area contributed by atoms with E-state index in [9.17, 15) is 0 Å². The maximum atomic E-state index is 5.82. The molecule has 0 saturated carbocycles. The Morgan fingerprint density at radius 2 is 1.85 bits per heavy atom. The second-order valence-corrected chi connectivity index (χ2v) is 5.25. The number of methoxy groups -OCH3 is 1. The van der Waals surface area contributed by atoms with Crippen molar-refractivity contribution in [3.63, 3.8) is 0 Å². The van der Waals surface area contributed by atoms with Crippen molar-refractivity contribution < 1.29 is 9.47 Å². The van der Waals surface area contributed by atoms with Crippen LogP contribution in [0.2, 0.25) is 0 Å². The van der Waals surface area contributed by atoms with E-state index < -0.39 is 0 Å². The number of hydrogen-bond acceptors (Lipinski definition) is 3. The Hall–Kier alpha value is -1.52. The Bertz CT molecular complexity index is 572. The minimum Gasteiger partial charge on any atom is -0.493 e. The van der Waals surface area contributed by atoms with Crippen molar-refractivity contribution in [1.29, 1.82) is 0 Å². The lowest BCUT2D eigenvalue weighted by Crippen LogP contribution is -2.05. The highest BCUT2D eigenvalue weighted by molar-refractivity contribution is 9.10. The van der Waals surface area contributed by atoms with Gasteiger partial charge in [-0.2, -0.15) is 0 Å². The smallest absolute Gasteiger partial charge is 0.161 e. The average molecular weight is 336 g/mol. The first-order valence-corrected chi connectivity index (χ1v) is 7.21. The summed E-state index contributed by atoms with van der Waals surface area (Å²) in [5.41, 5.74) is 2.34. The molecular weight excluding hydrogens is 318 g/mol. The molecule has 2 aromatic rings. The molecule has 0 spiro atoms. The molecule has 106 valence electrons. The summed E-state index contributed by atoms with van der Waals surface area (Å²) in [7, 11) is 3.58. The Kier molecular flexibility index (Phi) is 5.44. The highest BCUT2D eigenvalue weighted by Gasteiger charge is 2.06. The van der Waals surface area contributed by atoms with Gasteiger partial charge in [0.25, 0.3) is 0 Å². The van der Waals surface area contributed by atoms with Crippen molar-refractivity contribution in [1.82, 2.24) is 5.32 Å². The van der Waals surface area contributed by atoms with Gasteiger partial charge >= 0.3 is 0 Å². The molecule has 0 radical (unpaired) electrons. The van der Waals surface area contributed by atoms with Gasteiger partial charge in [0.1, 0.15) is 6.61 Å². The number of ether oxygens (including phenoxy) is 2. The summed E-state index contributed by atoms with van der Waals surface area (Å²) in [5, 5.41) is 3.13. The quantitative estimate of drug-likeness (QED) is 0.871. The molecule has 0 saturated heterocycles. The normalized spacial score (nSPS) is 10.3. The summed E-state index contributed by atoms with van der Waals surface area (Å²) in [4.78, 5) is 0. The van der Waals surface area contributed by atoms with Gasteiger partial charge in [-0.15, -0.1) is 0 Å². The molecule has 2 aromatic carbocycles. The van der Waals surface area contributed by atoms with Gasteiger partial charge in [-0.05, 0) is 30.8 Å². The molecule has 0 aliphatic rings. The average Bonchev–Trinajstić information content (AvgIpc) is 2.47. The third kappa shape index (κ3) is 3.74. The van der Waals surface area contributed by atoms with Gasteiger partial charge < -0.3 is 14.8 Å². The fourth-order valence-corrected chi connectivity index (χ4v) is 2.46. The van der Waals surface area contributed by atoms with Crippen molar-refractivity contribution in [3.05, 3.63) is 58.1 Å². The number of halogens is 1. The molecule has 1 N–H and O–H groups in total. The maximum absolute atomic E-state index is 5.82. The van der Waals surface area contributed by atoms with Gasteiger partial charge in [0.2, 0.25) is 0 Å². The fraction of sp³-hybridized carbons (Fsp3) is 0.250. The summed E-state index contributed by atoms with van der Waals surface area (Å²) in [6.45, 7) is 1.35. The maximum Gasteiger partial charge on any atom is 0.161 e. The molecule has 20 heavy (non-hydrogen) atoms. The monoisotopic (exact) mass is 335 g/mol. The lowest BCUT2D eigenvalue weighted by atomic mass is 10.1. The van der Waals surface area contributed by atoms with Gasteiger partial charge in [-0.25, -0.2) is 0 Å². The number of para-hydroxylation sites is 2. The van der Waals surface area contributed by atoms with E-state index in [4.69, 9.17) is 9.47 Å². The Labute approximate surface area is 128 Å². The summed E-state index contributed by atoms with van der Waals surface area (Å²) >= 11 is 3.59. The van der Waals surface area contributed by atoms with E-state index in [1.165, 1.54) is 5.56 Å². The van der Waals surface area contributed by atoms with Crippen molar-refractivity contribution in [2.45, 2.75) is 13.2 Å². The Morgan fingerprint density at radius 1 is 1.10 bits per heavy atom. The van der Waals surface area contributed by atoms with Crippen molar-refractivity contribution >= 4 is 15.9 Å². The van der Waals surface area contributed by atoms with Crippen LogP contribution >= 0.6 is 15.9 Å². The first kappa shape index (κ1) is 14.9. The first-order valence-electron chi connectivity index (χ1n) is 6.42. The van der Waals surface area contributed by atoms with Gasteiger partial charge in [-0.1, -0.05) is 40.2 Å². The number of nitrogens with one attached hydrogen (secondary N) is 1. The van der Waals surface area contributed by atoms with Crippen LogP contribution in [-0.4, -0.2) is 14.2 Å². The van der Waals surface area contributed by atoms with E-state index in [0.29, 0.717) is 6.61 Å². The van der Waals surface area contributed by atoms with Crippen LogP contribution in [-0.2, 0) is 13.2 Å². The van der Waals surface area contributed by atoms with Gasteiger partial charge in [0.15, 0.2) is 11.5 Å². The van der Waals surface area contributed by atoms with Gasteiger partial charge in [0, 0.05) is 16.6 Å². The zero-order chi connectivity index (χ0) is 14.4. The predicted octanol–water partition coefficient (Wildman–Crippen LogP) is 3.76. The van der Waals surface area contributed by atoms with Crippen molar-refractivity contribution in [2.75, 3.05) is 14.2 Å². The zero-order valence-corrected chi connectivity index (χ0v) is 13.2. The van der Waals surface area contributed by atoms with E-state index in [1.54, 1.807) is 7.11 Å². The standard InChI is InChI=1S/C16H18BrNO2/c1-18-10-12-7-8-13(14(17)9-12)11-20-16-6-4-3-5-15(16)19-2/h3-9,18H,10-11H2,1-2H3. The minimum absolute atomic E-state index is 0.501. The van der Waals surface area contributed by atoms with Crippen LogP contribution in [0.5, 0.6) is 11.5 Å². The molecule has 3 nitrogen and oxygen atoms in total. The molecule has 0 aromatic heterocycles.